The standard InChI is InChI=1S/C24H33FN6O/c1-3-29-11-13-30(14-12-29)22-7-6-20(25)15-21(22)18(2)28-24(32)19-5-4-10-31(17-19)23-16-26-8-9-27-23/h6-9,15-16,18-19H,3-5,10-14,17H2,1-2H3,(H,28,32). The Kier molecular flexibility index (Phi) is 7.19. The van der Waals surface area contributed by atoms with Crippen LogP contribution in [0.5, 0.6) is 0 Å². The van der Waals surface area contributed by atoms with Gasteiger partial charge in [0.1, 0.15) is 11.6 Å². The number of hydrogen-bond acceptors (Lipinski definition) is 6. The monoisotopic (exact) mass is 440 g/mol. The molecular weight excluding hydrogens is 407 g/mol. The van der Waals surface area contributed by atoms with Gasteiger partial charge in [0, 0.05) is 62.9 Å². The highest BCUT2D eigenvalue weighted by molar-refractivity contribution is 5.80. The average molecular weight is 441 g/mol. The molecule has 172 valence electrons. The zero-order valence-electron chi connectivity index (χ0n) is 19.0. The van der Waals surface area contributed by atoms with Crippen LogP contribution in [0.1, 0.15) is 38.3 Å². The molecule has 2 fully saturated rings. The summed E-state index contributed by atoms with van der Waals surface area (Å²) in [5.74, 6) is 0.413. The van der Waals surface area contributed by atoms with Crippen molar-refractivity contribution in [3.63, 3.8) is 0 Å². The van der Waals surface area contributed by atoms with Gasteiger partial charge in [0.05, 0.1) is 18.2 Å². The summed E-state index contributed by atoms with van der Waals surface area (Å²) in [6.07, 6.45) is 6.82. The number of piperidine rings is 1. The first-order valence-electron chi connectivity index (χ1n) is 11.6. The lowest BCUT2D eigenvalue weighted by molar-refractivity contribution is -0.125. The van der Waals surface area contributed by atoms with Gasteiger partial charge in [-0.2, -0.15) is 0 Å². The number of anilines is 2. The number of aromatic nitrogens is 2. The molecule has 0 spiro atoms. The van der Waals surface area contributed by atoms with Gasteiger partial charge >= 0.3 is 0 Å². The zero-order valence-corrected chi connectivity index (χ0v) is 19.0. The van der Waals surface area contributed by atoms with Crippen LogP contribution in [-0.2, 0) is 4.79 Å². The third kappa shape index (κ3) is 5.18. The smallest absolute Gasteiger partial charge is 0.225 e. The normalized spacial score (nSPS) is 20.8. The number of nitrogens with one attached hydrogen (secondary N) is 1. The Morgan fingerprint density at radius 1 is 1.19 bits per heavy atom. The molecule has 2 aromatic rings. The van der Waals surface area contributed by atoms with E-state index in [-0.39, 0.29) is 23.7 Å². The molecule has 32 heavy (non-hydrogen) atoms. The number of nitrogens with zero attached hydrogens (tertiary/aromatic N) is 5. The second-order valence-electron chi connectivity index (χ2n) is 8.70. The first-order chi connectivity index (χ1) is 15.5. The summed E-state index contributed by atoms with van der Waals surface area (Å²) in [7, 11) is 0. The summed E-state index contributed by atoms with van der Waals surface area (Å²) in [5, 5.41) is 3.16. The van der Waals surface area contributed by atoms with Gasteiger partial charge in [-0.15, -0.1) is 0 Å². The topological polar surface area (TPSA) is 64.6 Å². The van der Waals surface area contributed by atoms with Crippen molar-refractivity contribution in [1.82, 2.24) is 20.2 Å². The lowest BCUT2D eigenvalue weighted by Crippen LogP contribution is -2.47. The molecule has 0 bridgehead atoms. The van der Waals surface area contributed by atoms with Crippen molar-refractivity contribution < 1.29 is 9.18 Å². The Morgan fingerprint density at radius 2 is 2.00 bits per heavy atom. The fraction of sp³-hybridized carbons (Fsp3) is 0.542. The molecule has 1 aromatic carbocycles. The van der Waals surface area contributed by atoms with Crippen LogP contribution in [0.4, 0.5) is 15.9 Å². The molecule has 0 saturated carbocycles. The molecule has 4 rings (SSSR count). The molecule has 0 aliphatic carbocycles. The lowest BCUT2D eigenvalue weighted by Gasteiger charge is -2.37. The fourth-order valence-electron chi connectivity index (χ4n) is 4.73. The number of amides is 1. The molecular formula is C24H33FN6O. The number of rotatable bonds is 6. The molecule has 2 unspecified atom stereocenters. The van der Waals surface area contributed by atoms with Gasteiger partial charge in [-0.05, 0) is 44.5 Å². The largest absolute Gasteiger partial charge is 0.369 e. The average Bonchev–Trinajstić information content (AvgIpc) is 2.84. The number of benzene rings is 1. The third-order valence-electron chi connectivity index (χ3n) is 6.64. The molecule has 3 heterocycles. The van der Waals surface area contributed by atoms with Gasteiger partial charge in [0.15, 0.2) is 0 Å². The summed E-state index contributed by atoms with van der Waals surface area (Å²) in [6, 6.07) is 4.66. The summed E-state index contributed by atoms with van der Waals surface area (Å²) >= 11 is 0. The van der Waals surface area contributed by atoms with Crippen LogP contribution in [-0.4, -0.2) is 66.6 Å². The van der Waals surface area contributed by atoms with Gasteiger partial charge in [-0.3, -0.25) is 9.78 Å². The van der Waals surface area contributed by atoms with Crippen LogP contribution in [0.25, 0.3) is 0 Å². The van der Waals surface area contributed by atoms with Crippen molar-refractivity contribution in [2.24, 2.45) is 5.92 Å². The van der Waals surface area contributed by atoms with Crippen LogP contribution in [0, 0.1) is 11.7 Å². The number of halogens is 1. The highest BCUT2D eigenvalue weighted by Crippen LogP contribution is 2.29. The highest BCUT2D eigenvalue weighted by atomic mass is 19.1. The summed E-state index contributed by atoms with van der Waals surface area (Å²) in [4.78, 5) is 28.5. The number of carbonyl (C=O) groups is 1. The molecule has 0 radical (unpaired) electrons. The molecule has 2 saturated heterocycles. The number of hydrogen-bond donors (Lipinski definition) is 1. The minimum absolute atomic E-state index is 0.0112. The van der Waals surface area contributed by atoms with Gasteiger partial charge in [0.25, 0.3) is 0 Å². The second kappa shape index (κ2) is 10.3. The van der Waals surface area contributed by atoms with Crippen LogP contribution in [0.15, 0.2) is 36.8 Å². The quantitative estimate of drug-likeness (QED) is 0.745. The molecule has 2 aliphatic rings. The lowest BCUT2D eigenvalue weighted by atomic mass is 9.96. The van der Waals surface area contributed by atoms with Crippen LogP contribution in [0.3, 0.4) is 0 Å². The van der Waals surface area contributed by atoms with Crippen LogP contribution in [0.2, 0.25) is 0 Å². The van der Waals surface area contributed by atoms with E-state index in [1.54, 1.807) is 24.7 Å². The van der Waals surface area contributed by atoms with E-state index in [1.165, 1.54) is 6.07 Å². The Bertz CT molecular complexity index is 903. The van der Waals surface area contributed by atoms with Gasteiger partial charge in [0.2, 0.25) is 5.91 Å². The second-order valence-corrected chi connectivity index (χ2v) is 8.70. The SMILES string of the molecule is CCN1CCN(c2ccc(F)cc2C(C)NC(=O)C2CCCN(c3cnccn3)C2)CC1. The first kappa shape index (κ1) is 22.5. The van der Waals surface area contributed by atoms with Crippen molar-refractivity contribution >= 4 is 17.4 Å². The minimum Gasteiger partial charge on any atom is -0.369 e. The van der Waals surface area contributed by atoms with E-state index >= 15 is 0 Å². The Morgan fingerprint density at radius 3 is 2.72 bits per heavy atom. The van der Waals surface area contributed by atoms with E-state index in [0.717, 1.165) is 69.2 Å². The maximum absolute atomic E-state index is 14.2. The zero-order chi connectivity index (χ0) is 22.5. The molecule has 7 nitrogen and oxygen atoms in total. The number of piperazine rings is 1. The van der Waals surface area contributed by atoms with E-state index in [0.29, 0.717) is 6.54 Å². The van der Waals surface area contributed by atoms with E-state index in [1.807, 2.05) is 13.0 Å². The van der Waals surface area contributed by atoms with Crippen LogP contribution < -0.4 is 15.1 Å². The van der Waals surface area contributed by atoms with Gasteiger partial charge in [-0.25, -0.2) is 9.37 Å². The third-order valence-corrected chi connectivity index (χ3v) is 6.64. The van der Waals surface area contributed by atoms with E-state index < -0.39 is 0 Å². The molecule has 8 heteroatoms. The predicted octanol–water partition coefficient (Wildman–Crippen LogP) is 2.85. The van der Waals surface area contributed by atoms with E-state index in [4.69, 9.17) is 0 Å². The Hall–Kier alpha value is -2.74. The fourth-order valence-corrected chi connectivity index (χ4v) is 4.73. The molecule has 1 aromatic heterocycles. The first-order valence-corrected chi connectivity index (χ1v) is 11.6. The van der Waals surface area contributed by atoms with Gasteiger partial charge < -0.3 is 20.0 Å². The summed E-state index contributed by atoms with van der Waals surface area (Å²) in [5.41, 5.74) is 1.85. The maximum atomic E-state index is 14.2. The summed E-state index contributed by atoms with van der Waals surface area (Å²) < 4.78 is 14.2. The molecule has 2 aliphatic heterocycles. The number of carbonyl (C=O) groups excluding carboxylic acids is 1. The Balaban J connectivity index is 1.43. The molecule has 1 N–H and O–H groups in total. The van der Waals surface area contributed by atoms with Crippen molar-refractivity contribution in [3.8, 4) is 0 Å². The highest BCUT2D eigenvalue weighted by Gasteiger charge is 2.29. The van der Waals surface area contributed by atoms with Crippen LogP contribution >= 0.6 is 0 Å². The predicted molar refractivity (Wildman–Crippen MR) is 124 cm³/mol. The molecule has 1 amide bonds. The number of likely N-dealkylation sites (N-methyl/N-ethyl adjacent to an activating group) is 1. The summed E-state index contributed by atoms with van der Waals surface area (Å²) in [6.45, 7) is 10.5. The van der Waals surface area contributed by atoms with Crippen molar-refractivity contribution in [2.45, 2.75) is 32.7 Å². The maximum Gasteiger partial charge on any atom is 0.225 e. The Labute approximate surface area is 189 Å². The van der Waals surface area contributed by atoms with Crippen molar-refractivity contribution in [2.75, 3.05) is 55.6 Å². The van der Waals surface area contributed by atoms with E-state index in [9.17, 15) is 9.18 Å². The molecule has 2 atom stereocenters. The minimum atomic E-state index is -0.275. The van der Waals surface area contributed by atoms with E-state index in [2.05, 4.69) is 36.9 Å². The van der Waals surface area contributed by atoms with Gasteiger partial charge in [-0.1, -0.05) is 6.92 Å². The van der Waals surface area contributed by atoms with Crippen molar-refractivity contribution in [3.05, 3.63) is 48.2 Å². The van der Waals surface area contributed by atoms with Crippen molar-refractivity contribution in [1.29, 1.82) is 0 Å².